The number of aromatic nitrogens is 1. The molecule has 0 saturated heterocycles. The summed E-state index contributed by atoms with van der Waals surface area (Å²) >= 11 is 1.58. The van der Waals surface area contributed by atoms with Crippen LogP contribution in [-0.2, 0) is 4.79 Å². The van der Waals surface area contributed by atoms with Crippen molar-refractivity contribution in [3.05, 3.63) is 70.5 Å². The number of hydrogen-bond acceptors (Lipinski definition) is 4. The fraction of sp³-hybridized carbons (Fsp3) is 0.105. The maximum atomic E-state index is 12.1. The van der Waals surface area contributed by atoms with Crippen molar-refractivity contribution in [1.29, 1.82) is 0 Å². The quantitative estimate of drug-likeness (QED) is 0.739. The third-order valence-electron chi connectivity index (χ3n) is 3.51. The summed E-state index contributed by atoms with van der Waals surface area (Å²) in [6.07, 6.45) is 0. The minimum atomic E-state index is -0.282. The number of nitrogens with zero attached hydrogens (tertiary/aromatic N) is 1. The van der Waals surface area contributed by atoms with Crippen LogP contribution in [0.5, 0.6) is 0 Å². The summed E-state index contributed by atoms with van der Waals surface area (Å²) in [5, 5.41) is 8.37. The van der Waals surface area contributed by atoms with Gasteiger partial charge in [0.1, 0.15) is 0 Å². The van der Waals surface area contributed by atoms with Crippen LogP contribution in [0.1, 0.15) is 15.4 Å². The first-order chi connectivity index (χ1) is 12.1. The lowest BCUT2D eigenvalue weighted by atomic mass is 10.1. The number of benzene rings is 2. The van der Waals surface area contributed by atoms with E-state index in [0.717, 1.165) is 16.3 Å². The molecule has 0 radical (unpaired) electrons. The topological polar surface area (TPSA) is 71.1 Å². The van der Waals surface area contributed by atoms with E-state index in [0.29, 0.717) is 11.3 Å². The monoisotopic (exact) mass is 351 g/mol. The number of thiazole rings is 1. The van der Waals surface area contributed by atoms with Crippen molar-refractivity contribution in [2.75, 3.05) is 11.9 Å². The lowest BCUT2D eigenvalue weighted by molar-refractivity contribution is -0.115. The molecule has 0 saturated carbocycles. The summed E-state index contributed by atoms with van der Waals surface area (Å²) in [6.45, 7) is 1.86. The highest BCUT2D eigenvalue weighted by Gasteiger charge is 2.09. The SMILES string of the molecule is Cc1nc(-c2cccc(NC(=O)CNC(=O)c3ccccc3)c2)cs1. The fourth-order valence-electron chi connectivity index (χ4n) is 2.31. The van der Waals surface area contributed by atoms with Gasteiger partial charge in [-0.15, -0.1) is 11.3 Å². The molecule has 2 aromatic carbocycles. The van der Waals surface area contributed by atoms with Gasteiger partial charge in [-0.2, -0.15) is 0 Å². The molecule has 2 N–H and O–H groups in total. The van der Waals surface area contributed by atoms with Gasteiger partial charge in [0.2, 0.25) is 5.91 Å². The van der Waals surface area contributed by atoms with Crippen LogP contribution in [0.25, 0.3) is 11.3 Å². The number of rotatable bonds is 5. The lowest BCUT2D eigenvalue weighted by Gasteiger charge is -2.08. The predicted octanol–water partition coefficient (Wildman–Crippen LogP) is 3.49. The maximum Gasteiger partial charge on any atom is 0.251 e. The Morgan fingerprint density at radius 3 is 2.60 bits per heavy atom. The maximum absolute atomic E-state index is 12.1. The second kappa shape index (κ2) is 7.72. The van der Waals surface area contributed by atoms with Crippen molar-refractivity contribution in [2.24, 2.45) is 0 Å². The Kier molecular flexibility index (Phi) is 5.20. The van der Waals surface area contributed by atoms with Gasteiger partial charge in [-0.25, -0.2) is 4.98 Å². The zero-order chi connectivity index (χ0) is 17.6. The van der Waals surface area contributed by atoms with E-state index in [1.165, 1.54) is 0 Å². The van der Waals surface area contributed by atoms with E-state index < -0.39 is 0 Å². The standard InChI is InChI=1S/C19H17N3O2S/c1-13-21-17(12-25-13)15-8-5-9-16(10-15)22-18(23)11-20-19(24)14-6-3-2-4-7-14/h2-10,12H,11H2,1H3,(H,20,24)(H,22,23). The van der Waals surface area contributed by atoms with E-state index in [2.05, 4.69) is 15.6 Å². The summed E-state index contributed by atoms with van der Waals surface area (Å²) in [6, 6.07) is 16.3. The van der Waals surface area contributed by atoms with Crippen LogP contribution in [0.15, 0.2) is 60.0 Å². The predicted molar refractivity (Wildman–Crippen MR) is 99.7 cm³/mol. The van der Waals surface area contributed by atoms with Crippen molar-refractivity contribution in [2.45, 2.75) is 6.92 Å². The van der Waals surface area contributed by atoms with E-state index in [9.17, 15) is 9.59 Å². The minimum Gasteiger partial charge on any atom is -0.343 e. The number of carbonyl (C=O) groups is 2. The Morgan fingerprint density at radius 1 is 1.08 bits per heavy atom. The normalized spacial score (nSPS) is 10.3. The summed E-state index contributed by atoms with van der Waals surface area (Å²) in [4.78, 5) is 28.4. The van der Waals surface area contributed by atoms with Gasteiger partial charge >= 0.3 is 0 Å². The van der Waals surface area contributed by atoms with Gasteiger partial charge in [0.15, 0.2) is 0 Å². The Morgan fingerprint density at radius 2 is 1.88 bits per heavy atom. The molecular weight excluding hydrogens is 334 g/mol. The Balaban J connectivity index is 1.59. The van der Waals surface area contributed by atoms with E-state index in [1.807, 2.05) is 36.6 Å². The summed E-state index contributed by atoms with van der Waals surface area (Å²) < 4.78 is 0. The molecule has 0 aliphatic rings. The molecule has 3 aromatic rings. The highest BCUT2D eigenvalue weighted by atomic mass is 32.1. The highest BCUT2D eigenvalue weighted by Crippen LogP contribution is 2.24. The van der Waals surface area contributed by atoms with Gasteiger partial charge < -0.3 is 10.6 Å². The van der Waals surface area contributed by atoms with Crippen molar-refractivity contribution < 1.29 is 9.59 Å². The number of carbonyl (C=O) groups excluding carboxylic acids is 2. The van der Waals surface area contributed by atoms with Gasteiger partial charge in [-0.1, -0.05) is 30.3 Å². The zero-order valence-electron chi connectivity index (χ0n) is 13.7. The molecule has 0 unspecified atom stereocenters. The average molecular weight is 351 g/mol. The second-order valence-corrected chi connectivity index (χ2v) is 6.49. The van der Waals surface area contributed by atoms with Crippen molar-refractivity contribution in [1.82, 2.24) is 10.3 Å². The van der Waals surface area contributed by atoms with E-state index in [4.69, 9.17) is 0 Å². The van der Waals surface area contributed by atoms with Gasteiger partial charge in [0.25, 0.3) is 5.91 Å². The Hall–Kier alpha value is -2.99. The van der Waals surface area contributed by atoms with Crippen molar-refractivity contribution in [3.8, 4) is 11.3 Å². The highest BCUT2D eigenvalue weighted by molar-refractivity contribution is 7.09. The van der Waals surface area contributed by atoms with Gasteiger partial charge in [-0.3, -0.25) is 9.59 Å². The number of anilines is 1. The number of amides is 2. The van der Waals surface area contributed by atoms with E-state index in [-0.39, 0.29) is 18.4 Å². The molecule has 0 aliphatic heterocycles. The first-order valence-electron chi connectivity index (χ1n) is 7.77. The molecule has 0 aliphatic carbocycles. The molecule has 126 valence electrons. The third-order valence-corrected chi connectivity index (χ3v) is 4.28. The molecule has 1 aromatic heterocycles. The molecule has 2 amide bonds. The van der Waals surface area contributed by atoms with E-state index in [1.54, 1.807) is 41.7 Å². The molecule has 5 nitrogen and oxygen atoms in total. The second-order valence-electron chi connectivity index (χ2n) is 5.43. The number of nitrogens with one attached hydrogen (secondary N) is 2. The van der Waals surface area contributed by atoms with Crippen LogP contribution in [0.3, 0.4) is 0 Å². The third kappa shape index (κ3) is 4.51. The lowest BCUT2D eigenvalue weighted by Crippen LogP contribution is -2.32. The minimum absolute atomic E-state index is 0.0895. The summed E-state index contributed by atoms with van der Waals surface area (Å²) in [5.74, 6) is -0.557. The summed E-state index contributed by atoms with van der Waals surface area (Å²) in [5.41, 5.74) is 3.02. The van der Waals surface area contributed by atoms with Crippen LogP contribution in [0.2, 0.25) is 0 Å². The van der Waals surface area contributed by atoms with Gasteiger partial charge in [-0.05, 0) is 31.2 Å². The largest absolute Gasteiger partial charge is 0.343 e. The first kappa shape index (κ1) is 16.9. The first-order valence-corrected chi connectivity index (χ1v) is 8.65. The number of hydrogen-bond donors (Lipinski definition) is 2. The van der Waals surface area contributed by atoms with Crippen LogP contribution in [-0.4, -0.2) is 23.3 Å². The van der Waals surface area contributed by atoms with Gasteiger partial charge in [0.05, 0.1) is 17.2 Å². The summed E-state index contributed by atoms with van der Waals surface area (Å²) in [7, 11) is 0. The molecule has 0 atom stereocenters. The Labute approximate surface area is 149 Å². The van der Waals surface area contributed by atoms with Crippen LogP contribution in [0.4, 0.5) is 5.69 Å². The Bertz CT molecular complexity index is 890. The fourth-order valence-corrected chi connectivity index (χ4v) is 2.93. The molecule has 0 spiro atoms. The zero-order valence-corrected chi connectivity index (χ0v) is 14.5. The van der Waals surface area contributed by atoms with E-state index >= 15 is 0 Å². The van der Waals surface area contributed by atoms with Crippen LogP contribution in [0, 0.1) is 6.92 Å². The number of aryl methyl sites for hydroxylation is 1. The van der Waals surface area contributed by atoms with Crippen LogP contribution < -0.4 is 10.6 Å². The molecule has 1 heterocycles. The smallest absolute Gasteiger partial charge is 0.251 e. The molecular formula is C19H17N3O2S. The molecule has 25 heavy (non-hydrogen) atoms. The molecule has 0 fully saturated rings. The van der Waals surface area contributed by atoms with Crippen molar-refractivity contribution >= 4 is 28.8 Å². The molecule has 6 heteroatoms. The van der Waals surface area contributed by atoms with Crippen molar-refractivity contribution in [3.63, 3.8) is 0 Å². The van der Waals surface area contributed by atoms with Gasteiger partial charge in [0, 0.05) is 22.2 Å². The molecule has 0 bridgehead atoms. The van der Waals surface area contributed by atoms with Crippen LogP contribution >= 0.6 is 11.3 Å². The average Bonchev–Trinajstić information content (AvgIpc) is 3.07. The molecule has 3 rings (SSSR count).